The second kappa shape index (κ2) is 11.7. The summed E-state index contributed by atoms with van der Waals surface area (Å²) in [5.74, 6) is -2.19. The Labute approximate surface area is 239 Å². The molecule has 1 saturated heterocycles. The van der Waals surface area contributed by atoms with E-state index in [0.717, 1.165) is 19.5 Å². The molecule has 2 aromatic carbocycles. The number of alkyl halides is 3. The lowest BCUT2D eigenvalue weighted by Gasteiger charge is -2.28. The van der Waals surface area contributed by atoms with Gasteiger partial charge in [-0.2, -0.15) is 13.2 Å². The Kier molecular flexibility index (Phi) is 8.19. The first-order valence-corrected chi connectivity index (χ1v) is 14.8. The van der Waals surface area contributed by atoms with Crippen molar-refractivity contribution in [2.45, 2.75) is 32.5 Å². The fourth-order valence-electron chi connectivity index (χ4n) is 4.94. The standard InChI is InChI=1S/C28H28F4N6O3S/c1-16-12-18(14-33-13-16)36-27-35-11-9-22(37-27)21-8-5-10-34-26(21)41-25-17(2)23(29)24(19-6-3-4-7-20(19)25)38-42(39,40)15-28(30,31)32/h3-11,16,18,33,38H,12-15H2,1-2H3,(H,35,36,37)/t16-,18+/m1/s1. The summed E-state index contributed by atoms with van der Waals surface area (Å²) in [5, 5.41) is 7.00. The molecular formula is C28H28F4N6O3S. The highest BCUT2D eigenvalue weighted by Crippen LogP contribution is 2.42. The maximum Gasteiger partial charge on any atom is 0.404 e. The highest BCUT2D eigenvalue weighted by molar-refractivity contribution is 7.92. The SMILES string of the molecule is Cc1c(F)c(NS(=O)(=O)CC(F)(F)F)c2ccccc2c1Oc1ncccc1-c1ccnc(N[C@@H]2CNC[C@H](C)C2)n1. The minimum Gasteiger partial charge on any atom is -0.437 e. The van der Waals surface area contributed by atoms with E-state index in [1.54, 1.807) is 41.3 Å². The van der Waals surface area contributed by atoms with Crippen LogP contribution in [0.4, 0.5) is 29.2 Å². The van der Waals surface area contributed by atoms with Gasteiger partial charge in [-0.05, 0) is 44.0 Å². The Morgan fingerprint density at radius 1 is 1.05 bits per heavy atom. The number of anilines is 2. The zero-order valence-electron chi connectivity index (χ0n) is 22.7. The summed E-state index contributed by atoms with van der Waals surface area (Å²) in [7, 11) is -4.95. The number of rotatable bonds is 8. The van der Waals surface area contributed by atoms with Crippen molar-refractivity contribution in [3.63, 3.8) is 0 Å². The first-order chi connectivity index (χ1) is 19.9. The molecule has 0 spiro atoms. The van der Waals surface area contributed by atoms with Gasteiger partial charge in [-0.3, -0.25) is 4.72 Å². The fraction of sp³-hybridized carbons (Fsp3) is 0.321. The number of fused-ring (bicyclic) bond motifs is 1. The van der Waals surface area contributed by atoms with Crippen molar-refractivity contribution in [2.24, 2.45) is 5.92 Å². The van der Waals surface area contributed by atoms with Crippen molar-refractivity contribution in [1.29, 1.82) is 0 Å². The molecule has 2 aromatic heterocycles. The number of benzene rings is 2. The van der Waals surface area contributed by atoms with E-state index in [2.05, 4.69) is 32.5 Å². The summed E-state index contributed by atoms with van der Waals surface area (Å²) in [6, 6.07) is 11.3. The number of ether oxygens (including phenoxy) is 1. The van der Waals surface area contributed by atoms with Crippen LogP contribution in [0.2, 0.25) is 0 Å². The Balaban J connectivity index is 1.51. The monoisotopic (exact) mass is 604 g/mol. The predicted molar refractivity (Wildman–Crippen MR) is 152 cm³/mol. The quantitative estimate of drug-likeness (QED) is 0.221. The van der Waals surface area contributed by atoms with E-state index in [0.29, 0.717) is 23.1 Å². The average Bonchev–Trinajstić information content (AvgIpc) is 2.92. The van der Waals surface area contributed by atoms with E-state index in [-0.39, 0.29) is 34.0 Å². The number of nitrogens with one attached hydrogen (secondary N) is 3. The molecule has 222 valence electrons. The first-order valence-electron chi connectivity index (χ1n) is 13.1. The van der Waals surface area contributed by atoms with Gasteiger partial charge in [0.05, 0.1) is 16.9 Å². The van der Waals surface area contributed by atoms with Crippen LogP contribution in [0.1, 0.15) is 18.9 Å². The molecule has 1 aliphatic rings. The van der Waals surface area contributed by atoms with Gasteiger partial charge in [0.2, 0.25) is 21.9 Å². The van der Waals surface area contributed by atoms with Crippen LogP contribution in [0.25, 0.3) is 22.0 Å². The zero-order valence-corrected chi connectivity index (χ0v) is 23.5. The van der Waals surface area contributed by atoms with Crippen LogP contribution in [0.5, 0.6) is 11.6 Å². The van der Waals surface area contributed by atoms with E-state index >= 15 is 4.39 Å². The first kappa shape index (κ1) is 29.5. The van der Waals surface area contributed by atoms with Gasteiger partial charge in [0.25, 0.3) is 0 Å². The third kappa shape index (κ3) is 6.71. The number of hydrogen-bond donors (Lipinski definition) is 3. The minimum atomic E-state index is -5.01. The molecule has 2 atom stereocenters. The second-order valence-electron chi connectivity index (χ2n) is 10.2. The smallest absolute Gasteiger partial charge is 0.404 e. The lowest BCUT2D eigenvalue weighted by molar-refractivity contribution is -0.106. The number of sulfonamides is 1. The molecule has 5 rings (SSSR count). The van der Waals surface area contributed by atoms with Crippen LogP contribution in [0.15, 0.2) is 54.9 Å². The van der Waals surface area contributed by atoms with Crippen molar-refractivity contribution in [1.82, 2.24) is 20.3 Å². The topological polar surface area (TPSA) is 118 Å². The van der Waals surface area contributed by atoms with Crippen LogP contribution >= 0.6 is 0 Å². The van der Waals surface area contributed by atoms with Crippen molar-refractivity contribution in [3.8, 4) is 22.9 Å². The Bertz CT molecular complexity index is 1720. The highest BCUT2D eigenvalue weighted by atomic mass is 32.2. The van der Waals surface area contributed by atoms with Gasteiger partial charge in [0.15, 0.2) is 11.6 Å². The van der Waals surface area contributed by atoms with Crippen LogP contribution < -0.4 is 20.1 Å². The largest absolute Gasteiger partial charge is 0.437 e. The molecule has 4 aromatic rings. The number of nitrogens with zero attached hydrogens (tertiary/aromatic N) is 3. The number of pyridine rings is 1. The van der Waals surface area contributed by atoms with E-state index in [4.69, 9.17) is 4.74 Å². The van der Waals surface area contributed by atoms with Gasteiger partial charge in [-0.15, -0.1) is 0 Å². The van der Waals surface area contributed by atoms with Gasteiger partial charge in [-0.25, -0.2) is 27.8 Å². The van der Waals surface area contributed by atoms with Crippen LogP contribution in [0.3, 0.4) is 0 Å². The molecule has 0 unspecified atom stereocenters. The highest BCUT2D eigenvalue weighted by Gasteiger charge is 2.36. The maximum absolute atomic E-state index is 15.6. The van der Waals surface area contributed by atoms with Crippen molar-refractivity contribution >= 4 is 32.4 Å². The number of hydrogen-bond acceptors (Lipinski definition) is 8. The van der Waals surface area contributed by atoms with Crippen LogP contribution in [-0.4, -0.2) is 54.4 Å². The Morgan fingerprint density at radius 2 is 1.81 bits per heavy atom. The molecule has 0 aliphatic carbocycles. The molecule has 0 amide bonds. The van der Waals surface area contributed by atoms with Crippen molar-refractivity contribution in [2.75, 3.05) is 28.9 Å². The number of aromatic nitrogens is 3. The number of piperidine rings is 1. The molecule has 0 saturated carbocycles. The molecule has 3 heterocycles. The summed E-state index contributed by atoms with van der Waals surface area (Å²) in [5.41, 5.74) is 0.251. The number of halogens is 4. The second-order valence-corrected chi connectivity index (χ2v) is 12.0. The average molecular weight is 605 g/mol. The fourth-order valence-corrected chi connectivity index (χ4v) is 5.95. The third-order valence-electron chi connectivity index (χ3n) is 6.75. The van der Waals surface area contributed by atoms with Gasteiger partial charge in [0, 0.05) is 41.3 Å². The summed E-state index contributed by atoms with van der Waals surface area (Å²) < 4.78 is 86.5. The van der Waals surface area contributed by atoms with Crippen molar-refractivity contribution < 1.29 is 30.7 Å². The summed E-state index contributed by atoms with van der Waals surface area (Å²) in [6.07, 6.45) is -0.957. The normalized spacial score (nSPS) is 17.7. The van der Waals surface area contributed by atoms with E-state index < -0.39 is 33.5 Å². The maximum atomic E-state index is 15.6. The molecule has 0 bridgehead atoms. The lowest BCUT2D eigenvalue weighted by atomic mass is 9.98. The van der Waals surface area contributed by atoms with Gasteiger partial charge >= 0.3 is 6.18 Å². The minimum absolute atomic E-state index is 0.0164. The summed E-state index contributed by atoms with van der Waals surface area (Å²) in [6.45, 7) is 5.23. The molecular weight excluding hydrogens is 576 g/mol. The van der Waals surface area contributed by atoms with Gasteiger partial charge in [0.1, 0.15) is 5.75 Å². The third-order valence-corrected chi connectivity index (χ3v) is 7.97. The Morgan fingerprint density at radius 3 is 2.55 bits per heavy atom. The molecule has 42 heavy (non-hydrogen) atoms. The zero-order chi connectivity index (χ0) is 30.1. The lowest BCUT2D eigenvalue weighted by Crippen LogP contribution is -2.42. The van der Waals surface area contributed by atoms with E-state index in [9.17, 15) is 21.6 Å². The van der Waals surface area contributed by atoms with E-state index in [1.807, 2.05) is 0 Å². The molecule has 3 N–H and O–H groups in total. The summed E-state index contributed by atoms with van der Waals surface area (Å²) >= 11 is 0. The van der Waals surface area contributed by atoms with Crippen LogP contribution in [-0.2, 0) is 10.0 Å². The molecule has 1 aliphatic heterocycles. The predicted octanol–water partition coefficient (Wildman–Crippen LogP) is 5.65. The molecule has 14 heteroatoms. The van der Waals surface area contributed by atoms with Crippen molar-refractivity contribution in [3.05, 3.63) is 66.2 Å². The van der Waals surface area contributed by atoms with Gasteiger partial charge in [-0.1, -0.05) is 31.2 Å². The Hall–Kier alpha value is -4.04. The van der Waals surface area contributed by atoms with Gasteiger partial charge < -0.3 is 15.4 Å². The molecule has 1 fully saturated rings. The summed E-state index contributed by atoms with van der Waals surface area (Å²) in [4.78, 5) is 13.3. The van der Waals surface area contributed by atoms with E-state index in [1.165, 1.54) is 25.3 Å². The molecule has 0 radical (unpaired) electrons. The van der Waals surface area contributed by atoms with Crippen LogP contribution in [0, 0.1) is 18.7 Å². The molecule has 9 nitrogen and oxygen atoms in total.